The van der Waals surface area contributed by atoms with Crippen LogP contribution in [0, 0.1) is 0 Å². The highest BCUT2D eigenvalue weighted by molar-refractivity contribution is 14.0. The summed E-state index contributed by atoms with van der Waals surface area (Å²) < 4.78 is 10.5. The molecule has 1 amide bonds. The lowest BCUT2D eigenvalue weighted by Gasteiger charge is -2.17. The van der Waals surface area contributed by atoms with E-state index in [0.29, 0.717) is 24.6 Å². The molecule has 0 aliphatic carbocycles. The van der Waals surface area contributed by atoms with Crippen LogP contribution in [0.25, 0.3) is 0 Å². The Morgan fingerprint density at radius 1 is 1.18 bits per heavy atom. The topological polar surface area (TPSA) is 89.2 Å². The van der Waals surface area contributed by atoms with Crippen molar-refractivity contribution < 1.29 is 14.3 Å². The number of halogens is 1. The first kappa shape index (κ1) is 21.8. The van der Waals surface area contributed by atoms with Crippen LogP contribution in [-0.2, 0) is 17.8 Å². The SMILES string of the molecule is COc1ccc(CN=C(N)NCC(=O)N2CCc3ccccc32)cc1OC.I. The summed E-state index contributed by atoms with van der Waals surface area (Å²) in [6.45, 7) is 1.18. The van der Waals surface area contributed by atoms with Gasteiger partial charge in [0.2, 0.25) is 5.91 Å². The maximum Gasteiger partial charge on any atom is 0.246 e. The minimum Gasteiger partial charge on any atom is -0.493 e. The van der Waals surface area contributed by atoms with Gasteiger partial charge in [-0.05, 0) is 35.7 Å². The van der Waals surface area contributed by atoms with Crippen LogP contribution in [0.5, 0.6) is 11.5 Å². The van der Waals surface area contributed by atoms with E-state index in [4.69, 9.17) is 15.2 Å². The molecule has 28 heavy (non-hydrogen) atoms. The number of nitrogens with zero attached hydrogens (tertiary/aromatic N) is 2. The number of guanidine groups is 1. The molecule has 0 saturated carbocycles. The highest BCUT2D eigenvalue weighted by Crippen LogP contribution is 2.28. The second-order valence-corrected chi connectivity index (χ2v) is 6.17. The van der Waals surface area contributed by atoms with E-state index in [0.717, 1.165) is 17.7 Å². The van der Waals surface area contributed by atoms with Gasteiger partial charge in [-0.3, -0.25) is 4.79 Å². The third-order valence-corrected chi connectivity index (χ3v) is 4.49. The van der Waals surface area contributed by atoms with Gasteiger partial charge >= 0.3 is 0 Å². The van der Waals surface area contributed by atoms with E-state index in [1.54, 1.807) is 19.1 Å². The molecule has 1 heterocycles. The van der Waals surface area contributed by atoms with Gasteiger partial charge in [0.25, 0.3) is 0 Å². The van der Waals surface area contributed by atoms with Crippen molar-refractivity contribution in [2.24, 2.45) is 10.7 Å². The summed E-state index contributed by atoms with van der Waals surface area (Å²) in [5.41, 5.74) is 9.00. The molecule has 0 aromatic heterocycles. The summed E-state index contributed by atoms with van der Waals surface area (Å²) in [7, 11) is 3.18. The van der Waals surface area contributed by atoms with Crippen molar-refractivity contribution >= 4 is 41.5 Å². The van der Waals surface area contributed by atoms with E-state index in [1.807, 2.05) is 36.4 Å². The summed E-state index contributed by atoms with van der Waals surface area (Å²) in [6.07, 6.45) is 0.880. The third kappa shape index (κ3) is 5.06. The maximum absolute atomic E-state index is 12.5. The van der Waals surface area contributed by atoms with Gasteiger partial charge in [-0.25, -0.2) is 4.99 Å². The second-order valence-electron chi connectivity index (χ2n) is 6.17. The highest BCUT2D eigenvalue weighted by Gasteiger charge is 2.23. The summed E-state index contributed by atoms with van der Waals surface area (Å²) in [5, 5.41) is 2.89. The van der Waals surface area contributed by atoms with Crippen molar-refractivity contribution in [3.8, 4) is 11.5 Å². The van der Waals surface area contributed by atoms with Gasteiger partial charge in [0.05, 0.1) is 27.3 Å². The number of para-hydroxylation sites is 1. The van der Waals surface area contributed by atoms with Crippen LogP contribution in [0.3, 0.4) is 0 Å². The normalized spacial score (nSPS) is 12.8. The fourth-order valence-corrected chi connectivity index (χ4v) is 3.07. The number of carbonyl (C=O) groups excluding carboxylic acids is 1. The van der Waals surface area contributed by atoms with Crippen LogP contribution in [-0.4, -0.2) is 39.2 Å². The van der Waals surface area contributed by atoms with E-state index in [9.17, 15) is 4.79 Å². The average molecular weight is 496 g/mol. The molecule has 1 aliphatic rings. The predicted molar refractivity (Wildman–Crippen MR) is 121 cm³/mol. The fourth-order valence-electron chi connectivity index (χ4n) is 3.07. The number of anilines is 1. The summed E-state index contributed by atoms with van der Waals surface area (Å²) in [6, 6.07) is 13.5. The highest BCUT2D eigenvalue weighted by atomic mass is 127. The first-order chi connectivity index (χ1) is 13.1. The van der Waals surface area contributed by atoms with Crippen molar-refractivity contribution in [2.75, 3.05) is 32.2 Å². The van der Waals surface area contributed by atoms with Gasteiger partial charge in [-0.15, -0.1) is 24.0 Å². The first-order valence-electron chi connectivity index (χ1n) is 8.75. The molecule has 8 heteroatoms. The Balaban J connectivity index is 0.00000280. The van der Waals surface area contributed by atoms with Crippen LogP contribution in [0.15, 0.2) is 47.5 Å². The molecule has 150 valence electrons. The van der Waals surface area contributed by atoms with Crippen molar-refractivity contribution in [1.82, 2.24) is 5.32 Å². The molecule has 0 bridgehead atoms. The summed E-state index contributed by atoms with van der Waals surface area (Å²) in [4.78, 5) is 18.5. The number of benzene rings is 2. The molecule has 2 aromatic rings. The smallest absolute Gasteiger partial charge is 0.246 e. The van der Waals surface area contributed by atoms with Crippen LogP contribution >= 0.6 is 24.0 Å². The molecule has 3 rings (SSSR count). The number of amides is 1. The maximum atomic E-state index is 12.5. The molecule has 0 spiro atoms. The van der Waals surface area contributed by atoms with E-state index in [2.05, 4.69) is 16.4 Å². The largest absolute Gasteiger partial charge is 0.493 e. The lowest BCUT2D eigenvalue weighted by Crippen LogP contribution is -2.42. The van der Waals surface area contributed by atoms with Gasteiger partial charge in [0.15, 0.2) is 17.5 Å². The molecule has 0 atom stereocenters. The quantitative estimate of drug-likeness (QED) is 0.364. The Morgan fingerprint density at radius 3 is 2.68 bits per heavy atom. The lowest BCUT2D eigenvalue weighted by atomic mass is 10.2. The zero-order chi connectivity index (χ0) is 19.2. The van der Waals surface area contributed by atoms with Crippen molar-refractivity contribution in [1.29, 1.82) is 0 Å². The third-order valence-electron chi connectivity index (χ3n) is 4.49. The van der Waals surface area contributed by atoms with Crippen LogP contribution in [0.4, 0.5) is 5.69 Å². The monoisotopic (exact) mass is 496 g/mol. The van der Waals surface area contributed by atoms with Crippen molar-refractivity contribution in [3.05, 3.63) is 53.6 Å². The van der Waals surface area contributed by atoms with Gasteiger partial charge in [-0.1, -0.05) is 24.3 Å². The Labute approximate surface area is 181 Å². The van der Waals surface area contributed by atoms with Crippen LogP contribution in [0.2, 0.25) is 0 Å². The number of carbonyl (C=O) groups is 1. The zero-order valence-corrected chi connectivity index (χ0v) is 18.3. The minimum atomic E-state index is -0.0239. The van der Waals surface area contributed by atoms with Gasteiger partial charge < -0.3 is 25.4 Å². The number of methoxy groups -OCH3 is 2. The Morgan fingerprint density at radius 2 is 1.93 bits per heavy atom. The average Bonchev–Trinajstić information content (AvgIpc) is 3.14. The number of hydrogen-bond donors (Lipinski definition) is 2. The number of nitrogens with two attached hydrogens (primary N) is 1. The zero-order valence-electron chi connectivity index (χ0n) is 16.0. The van der Waals surface area contributed by atoms with E-state index < -0.39 is 0 Å². The minimum absolute atomic E-state index is 0. The standard InChI is InChI=1S/C20H24N4O3.HI/c1-26-17-8-7-14(11-18(17)27-2)12-22-20(21)23-13-19(25)24-10-9-15-5-3-4-6-16(15)24;/h3-8,11H,9-10,12-13H2,1-2H3,(H3,21,22,23);1H. The molecule has 3 N–H and O–H groups in total. The molecular weight excluding hydrogens is 471 g/mol. The number of fused-ring (bicyclic) bond motifs is 1. The molecule has 1 aliphatic heterocycles. The van der Waals surface area contributed by atoms with E-state index in [-0.39, 0.29) is 42.4 Å². The second kappa shape index (κ2) is 10.2. The molecule has 0 fully saturated rings. The molecule has 0 unspecified atom stereocenters. The number of nitrogens with one attached hydrogen (secondary N) is 1. The number of rotatable bonds is 6. The number of hydrogen-bond acceptors (Lipinski definition) is 4. The fraction of sp³-hybridized carbons (Fsp3) is 0.300. The van der Waals surface area contributed by atoms with Crippen LogP contribution < -0.4 is 25.4 Å². The molecule has 0 radical (unpaired) electrons. The van der Waals surface area contributed by atoms with Gasteiger partial charge in [0, 0.05) is 12.2 Å². The molecule has 0 saturated heterocycles. The molecule has 7 nitrogen and oxygen atoms in total. The summed E-state index contributed by atoms with van der Waals surface area (Å²) >= 11 is 0. The first-order valence-corrected chi connectivity index (χ1v) is 8.75. The van der Waals surface area contributed by atoms with E-state index in [1.165, 1.54) is 5.56 Å². The summed E-state index contributed by atoms with van der Waals surface area (Å²) in [5.74, 6) is 1.50. The Hall–Kier alpha value is -2.49. The number of aliphatic imine (C=N–C) groups is 1. The molecular formula is C20H25IN4O3. The molecule has 2 aromatic carbocycles. The lowest BCUT2D eigenvalue weighted by molar-refractivity contribution is -0.117. The van der Waals surface area contributed by atoms with Crippen LogP contribution in [0.1, 0.15) is 11.1 Å². The number of ether oxygens (including phenoxy) is 2. The predicted octanol–water partition coefficient (Wildman–Crippen LogP) is 2.32. The van der Waals surface area contributed by atoms with Gasteiger partial charge in [-0.2, -0.15) is 0 Å². The van der Waals surface area contributed by atoms with Crippen molar-refractivity contribution in [2.45, 2.75) is 13.0 Å². The van der Waals surface area contributed by atoms with E-state index >= 15 is 0 Å². The Bertz CT molecular complexity index is 857. The van der Waals surface area contributed by atoms with Gasteiger partial charge in [0.1, 0.15) is 0 Å². The Kier molecular flexibility index (Phi) is 7.91. The van der Waals surface area contributed by atoms with Crippen molar-refractivity contribution in [3.63, 3.8) is 0 Å².